The number of rotatable bonds is 5. The van der Waals surface area contributed by atoms with Crippen LogP contribution in [0.2, 0.25) is 0 Å². The lowest BCUT2D eigenvalue weighted by molar-refractivity contribution is -0.129. The van der Waals surface area contributed by atoms with Crippen LogP contribution in [0.1, 0.15) is 12.6 Å². The Morgan fingerprint density at radius 1 is 1.21 bits per heavy atom. The second-order valence-corrected chi connectivity index (χ2v) is 6.00. The minimum absolute atomic E-state index is 0.0348. The topological polar surface area (TPSA) is 87.5 Å². The van der Waals surface area contributed by atoms with Crippen LogP contribution in [0.5, 0.6) is 0 Å². The predicted molar refractivity (Wildman–Crippen MR) is 91.3 cm³/mol. The van der Waals surface area contributed by atoms with Crippen molar-refractivity contribution in [2.24, 2.45) is 0 Å². The number of hydrogen-bond donors (Lipinski definition) is 1. The van der Waals surface area contributed by atoms with E-state index >= 15 is 0 Å². The Bertz CT molecular complexity index is 810. The maximum atomic E-state index is 11.9. The number of anilines is 2. The molecule has 0 spiro atoms. The number of hydrogen-bond acceptors (Lipinski definition) is 6. The van der Waals surface area contributed by atoms with E-state index in [1.807, 2.05) is 22.6 Å². The third-order valence-electron chi connectivity index (χ3n) is 4.48. The Hall–Kier alpha value is -2.64. The molecule has 2 aromatic rings. The number of piperazine rings is 1. The van der Waals surface area contributed by atoms with Crippen molar-refractivity contribution in [1.29, 1.82) is 0 Å². The van der Waals surface area contributed by atoms with Gasteiger partial charge >= 0.3 is 0 Å². The molecule has 2 heterocycles. The normalized spacial score (nSPS) is 15.1. The van der Waals surface area contributed by atoms with Gasteiger partial charge in [0.15, 0.2) is 0 Å². The molecule has 0 unspecified atom stereocenters. The summed E-state index contributed by atoms with van der Waals surface area (Å²) in [6.07, 6.45) is 1.73. The molecule has 1 aliphatic rings. The fraction of sp³-hybridized carbons (Fsp3) is 0.500. The molecule has 0 bridgehead atoms. The molecular formula is C16H21N5O3. The second-order valence-electron chi connectivity index (χ2n) is 6.00. The average molecular weight is 331 g/mol. The number of nitrogens with zero attached hydrogens (tertiary/aromatic N) is 4. The molecule has 24 heavy (non-hydrogen) atoms. The van der Waals surface area contributed by atoms with Gasteiger partial charge in [-0.1, -0.05) is 0 Å². The molecule has 3 rings (SSSR count). The summed E-state index contributed by atoms with van der Waals surface area (Å²) in [5, 5.41) is 7.26. The second kappa shape index (κ2) is 6.46. The van der Waals surface area contributed by atoms with Gasteiger partial charge in [-0.15, -0.1) is 0 Å². The zero-order chi connectivity index (χ0) is 17.3. The minimum Gasteiger partial charge on any atom is -0.378 e. The van der Waals surface area contributed by atoms with E-state index in [0.29, 0.717) is 50.6 Å². The zero-order valence-electron chi connectivity index (χ0n) is 13.9. The summed E-state index contributed by atoms with van der Waals surface area (Å²) in [5.74, 6) is 0.0348. The first-order valence-corrected chi connectivity index (χ1v) is 8.05. The quantitative estimate of drug-likeness (QED) is 0.748. The molecule has 0 aliphatic carbocycles. The number of carbonyl (C=O) groups excluding carboxylic acids is 1. The highest BCUT2D eigenvalue weighted by Crippen LogP contribution is 2.21. The first-order chi connectivity index (χ1) is 11.5. The van der Waals surface area contributed by atoms with Gasteiger partial charge in [0.05, 0.1) is 6.54 Å². The van der Waals surface area contributed by atoms with E-state index < -0.39 is 10.9 Å². The fourth-order valence-electron chi connectivity index (χ4n) is 3.01. The molecule has 128 valence electrons. The Labute approximate surface area is 139 Å². The molecule has 8 heteroatoms. The van der Waals surface area contributed by atoms with Gasteiger partial charge in [0.1, 0.15) is 11.4 Å². The molecule has 0 atom stereocenters. The Kier molecular flexibility index (Phi) is 4.37. The highest BCUT2D eigenvalue weighted by molar-refractivity contribution is 5.76. The maximum Gasteiger partial charge on any atom is 0.253 e. The van der Waals surface area contributed by atoms with Gasteiger partial charge in [0.25, 0.3) is 10.9 Å². The van der Waals surface area contributed by atoms with Crippen LogP contribution in [0.4, 0.5) is 11.4 Å². The van der Waals surface area contributed by atoms with E-state index in [9.17, 15) is 14.4 Å². The summed E-state index contributed by atoms with van der Waals surface area (Å²) in [5.41, 5.74) is 0.990. The molecular weight excluding hydrogens is 310 g/mol. The van der Waals surface area contributed by atoms with E-state index in [2.05, 4.69) is 10.4 Å². The Morgan fingerprint density at radius 3 is 2.50 bits per heavy atom. The Balaban J connectivity index is 1.63. The number of nitrogens with one attached hydrogen (secondary N) is 1. The number of amides is 1. The SMILES string of the molecule is CC(=O)N1CCN(c2c(NCCn3nccc3C)c(=O)c2=O)CC1. The van der Waals surface area contributed by atoms with E-state index in [0.717, 1.165) is 5.69 Å². The molecule has 1 fully saturated rings. The van der Waals surface area contributed by atoms with Gasteiger partial charge in [-0.05, 0) is 13.0 Å². The molecule has 0 radical (unpaired) electrons. The van der Waals surface area contributed by atoms with E-state index in [-0.39, 0.29) is 5.91 Å². The van der Waals surface area contributed by atoms with Crippen molar-refractivity contribution < 1.29 is 4.79 Å². The molecule has 0 saturated carbocycles. The summed E-state index contributed by atoms with van der Waals surface area (Å²) in [4.78, 5) is 38.8. The minimum atomic E-state index is -0.462. The Morgan fingerprint density at radius 2 is 1.92 bits per heavy atom. The van der Waals surface area contributed by atoms with Crippen LogP contribution in [-0.4, -0.2) is 53.3 Å². The highest BCUT2D eigenvalue weighted by Gasteiger charge is 2.28. The van der Waals surface area contributed by atoms with E-state index in [4.69, 9.17) is 0 Å². The first-order valence-electron chi connectivity index (χ1n) is 8.05. The van der Waals surface area contributed by atoms with Crippen molar-refractivity contribution in [3.63, 3.8) is 0 Å². The van der Waals surface area contributed by atoms with Crippen LogP contribution < -0.4 is 21.1 Å². The van der Waals surface area contributed by atoms with Gasteiger partial charge in [0, 0.05) is 51.5 Å². The van der Waals surface area contributed by atoms with Crippen LogP contribution in [0.15, 0.2) is 21.9 Å². The summed E-state index contributed by atoms with van der Waals surface area (Å²) in [6, 6.07) is 1.91. The summed E-state index contributed by atoms with van der Waals surface area (Å²) < 4.78 is 1.84. The van der Waals surface area contributed by atoms with E-state index in [1.165, 1.54) is 6.92 Å². The van der Waals surface area contributed by atoms with Gasteiger partial charge in [0.2, 0.25) is 5.91 Å². The first kappa shape index (κ1) is 16.2. The molecule has 1 N–H and O–H groups in total. The smallest absolute Gasteiger partial charge is 0.253 e. The monoisotopic (exact) mass is 331 g/mol. The summed E-state index contributed by atoms with van der Waals surface area (Å²) >= 11 is 0. The van der Waals surface area contributed by atoms with Crippen molar-refractivity contribution in [1.82, 2.24) is 14.7 Å². The highest BCUT2D eigenvalue weighted by atomic mass is 16.2. The third kappa shape index (κ3) is 2.91. The average Bonchev–Trinajstić information content (AvgIpc) is 2.99. The number of aryl methyl sites for hydroxylation is 1. The number of aromatic nitrogens is 2. The molecule has 1 aromatic heterocycles. The van der Waals surface area contributed by atoms with Crippen molar-refractivity contribution in [2.45, 2.75) is 20.4 Å². The molecule has 1 aromatic carbocycles. The van der Waals surface area contributed by atoms with Crippen LogP contribution in [0.3, 0.4) is 0 Å². The van der Waals surface area contributed by atoms with Crippen LogP contribution >= 0.6 is 0 Å². The third-order valence-corrected chi connectivity index (χ3v) is 4.48. The summed E-state index contributed by atoms with van der Waals surface area (Å²) in [7, 11) is 0. The summed E-state index contributed by atoms with van der Waals surface area (Å²) in [6.45, 7) is 6.92. The van der Waals surface area contributed by atoms with Gasteiger partial charge in [-0.2, -0.15) is 5.10 Å². The standard InChI is InChI=1S/C16H21N5O3/c1-11-3-4-18-21(11)6-5-17-13-14(16(24)15(13)23)20-9-7-19(8-10-20)12(2)22/h3-4,17H,5-10H2,1-2H3. The van der Waals surface area contributed by atoms with Crippen molar-refractivity contribution >= 4 is 17.3 Å². The largest absolute Gasteiger partial charge is 0.378 e. The van der Waals surface area contributed by atoms with Gasteiger partial charge < -0.3 is 15.1 Å². The maximum absolute atomic E-state index is 11.9. The number of carbonyl (C=O) groups is 1. The zero-order valence-corrected chi connectivity index (χ0v) is 13.9. The fourth-order valence-corrected chi connectivity index (χ4v) is 3.01. The van der Waals surface area contributed by atoms with Crippen molar-refractivity contribution in [3.8, 4) is 0 Å². The van der Waals surface area contributed by atoms with Gasteiger partial charge in [-0.3, -0.25) is 19.1 Å². The molecule has 1 saturated heterocycles. The lowest BCUT2D eigenvalue weighted by Crippen LogP contribution is -2.52. The van der Waals surface area contributed by atoms with Crippen molar-refractivity contribution in [3.05, 3.63) is 38.4 Å². The van der Waals surface area contributed by atoms with Crippen LogP contribution in [-0.2, 0) is 11.3 Å². The lowest BCUT2D eigenvalue weighted by atomic mass is 10.1. The van der Waals surface area contributed by atoms with E-state index in [1.54, 1.807) is 11.1 Å². The molecule has 8 nitrogen and oxygen atoms in total. The lowest BCUT2D eigenvalue weighted by Gasteiger charge is -2.36. The van der Waals surface area contributed by atoms with Gasteiger partial charge in [-0.25, -0.2) is 0 Å². The van der Waals surface area contributed by atoms with Crippen LogP contribution in [0.25, 0.3) is 0 Å². The van der Waals surface area contributed by atoms with Crippen molar-refractivity contribution in [2.75, 3.05) is 42.9 Å². The predicted octanol–water partition coefficient (Wildman–Crippen LogP) is -0.432. The molecule has 1 amide bonds. The van der Waals surface area contributed by atoms with Crippen LogP contribution in [0, 0.1) is 6.92 Å². The molecule has 1 aliphatic heterocycles.